The smallest absolute Gasteiger partial charge is 0.257 e. The highest BCUT2D eigenvalue weighted by Crippen LogP contribution is 2.33. The number of methoxy groups -OCH3 is 1. The van der Waals surface area contributed by atoms with Crippen LogP contribution in [0.25, 0.3) is 0 Å². The zero-order valence-electron chi connectivity index (χ0n) is 16.5. The Kier molecular flexibility index (Phi) is 5.48. The number of benzene rings is 1. The van der Waals surface area contributed by atoms with Crippen molar-refractivity contribution in [1.82, 2.24) is 9.91 Å². The van der Waals surface area contributed by atoms with E-state index in [1.807, 2.05) is 36.4 Å². The molecule has 28 heavy (non-hydrogen) atoms. The number of likely N-dealkylation sites (tertiary alicyclic amines) is 1. The molecule has 1 fully saturated rings. The van der Waals surface area contributed by atoms with Crippen LogP contribution >= 0.6 is 0 Å². The maximum Gasteiger partial charge on any atom is 0.257 e. The normalized spacial score (nSPS) is 21.0. The molecule has 0 bridgehead atoms. The summed E-state index contributed by atoms with van der Waals surface area (Å²) in [6.45, 7) is 4.63. The van der Waals surface area contributed by atoms with Gasteiger partial charge in [0.2, 0.25) is 0 Å². The van der Waals surface area contributed by atoms with Crippen LogP contribution in [0.4, 0.5) is 0 Å². The van der Waals surface area contributed by atoms with Gasteiger partial charge in [0.05, 0.1) is 25.6 Å². The van der Waals surface area contributed by atoms with Crippen LogP contribution in [-0.4, -0.2) is 48.3 Å². The van der Waals surface area contributed by atoms with Gasteiger partial charge in [0.15, 0.2) is 0 Å². The highest BCUT2D eigenvalue weighted by atomic mass is 16.5. The molecule has 6 heteroatoms. The standard InChI is InChI=1S/C22H27N3O3/c1-16-9-11-24(12-10-16)15-22(26)25-20(21-4-3-13-28-21)14-19(23-25)17-5-7-18(27-2)8-6-17/h3-8,13,16,20H,9-12,14-15H2,1-2H3/t20-/m1/s1. The van der Waals surface area contributed by atoms with Crippen LogP contribution in [0, 0.1) is 5.92 Å². The first kappa shape index (κ1) is 18.7. The molecular formula is C22H27N3O3. The van der Waals surface area contributed by atoms with Gasteiger partial charge in [-0.15, -0.1) is 0 Å². The second-order valence-electron chi connectivity index (χ2n) is 7.71. The molecule has 0 radical (unpaired) electrons. The third-order valence-corrected chi connectivity index (χ3v) is 5.70. The Bertz CT molecular complexity index is 821. The van der Waals surface area contributed by atoms with E-state index in [9.17, 15) is 4.79 Å². The van der Waals surface area contributed by atoms with Crippen molar-refractivity contribution in [1.29, 1.82) is 0 Å². The zero-order chi connectivity index (χ0) is 19.5. The molecule has 0 spiro atoms. The van der Waals surface area contributed by atoms with Gasteiger partial charge in [-0.05, 0) is 73.8 Å². The number of amides is 1. The van der Waals surface area contributed by atoms with E-state index in [2.05, 4.69) is 11.8 Å². The Morgan fingerprint density at radius 3 is 2.61 bits per heavy atom. The maximum atomic E-state index is 13.1. The molecule has 0 aliphatic carbocycles. The summed E-state index contributed by atoms with van der Waals surface area (Å²) in [5.41, 5.74) is 1.89. The van der Waals surface area contributed by atoms with Gasteiger partial charge >= 0.3 is 0 Å². The van der Waals surface area contributed by atoms with E-state index in [0.717, 1.165) is 54.6 Å². The van der Waals surface area contributed by atoms with Crippen molar-refractivity contribution in [2.75, 3.05) is 26.7 Å². The Morgan fingerprint density at radius 1 is 1.21 bits per heavy atom. The quantitative estimate of drug-likeness (QED) is 0.792. The summed E-state index contributed by atoms with van der Waals surface area (Å²) in [7, 11) is 1.65. The number of hydrogen-bond donors (Lipinski definition) is 0. The molecule has 4 rings (SSSR count). The molecule has 6 nitrogen and oxygen atoms in total. The molecule has 0 N–H and O–H groups in total. The molecule has 0 unspecified atom stereocenters. The molecule has 1 saturated heterocycles. The highest BCUT2D eigenvalue weighted by Gasteiger charge is 2.35. The predicted molar refractivity (Wildman–Crippen MR) is 107 cm³/mol. The van der Waals surface area contributed by atoms with E-state index in [-0.39, 0.29) is 11.9 Å². The van der Waals surface area contributed by atoms with Gasteiger partial charge in [-0.25, -0.2) is 5.01 Å². The van der Waals surface area contributed by atoms with Gasteiger partial charge in [-0.1, -0.05) is 6.92 Å². The second-order valence-corrected chi connectivity index (χ2v) is 7.71. The van der Waals surface area contributed by atoms with E-state index < -0.39 is 0 Å². The highest BCUT2D eigenvalue weighted by molar-refractivity contribution is 6.03. The molecule has 1 amide bonds. The van der Waals surface area contributed by atoms with Gasteiger partial charge in [-0.3, -0.25) is 9.69 Å². The number of carbonyl (C=O) groups excluding carboxylic acids is 1. The number of ether oxygens (including phenoxy) is 1. The lowest BCUT2D eigenvalue weighted by atomic mass is 9.99. The van der Waals surface area contributed by atoms with Crippen molar-refractivity contribution < 1.29 is 13.9 Å². The average molecular weight is 381 g/mol. The van der Waals surface area contributed by atoms with E-state index >= 15 is 0 Å². The predicted octanol–water partition coefficient (Wildman–Crippen LogP) is 3.70. The lowest BCUT2D eigenvalue weighted by Crippen LogP contribution is -2.41. The monoisotopic (exact) mass is 381 g/mol. The van der Waals surface area contributed by atoms with E-state index in [1.165, 1.54) is 0 Å². The first-order valence-corrected chi connectivity index (χ1v) is 9.94. The van der Waals surface area contributed by atoms with Crippen molar-refractivity contribution in [2.24, 2.45) is 11.0 Å². The summed E-state index contributed by atoms with van der Waals surface area (Å²) in [4.78, 5) is 15.3. The summed E-state index contributed by atoms with van der Waals surface area (Å²) in [5, 5.41) is 6.33. The zero-order valence-corrected chi connectivity index (χ0v) is 16.5. The summed E-state index contributed by atoms with van der Waals surface area (Å²) >= 11 is 0. The molecule has 0 saturated carbocycles. The first-order chi connectivity index (χ1) is 13.6. The Hall–Kier alpha value is -2.60. The average Bonchev–Trinajstić information content (AvgIpc) is 3.39. The third kappa shape index (κ3) is 3.97. The Morgan fingerprint density at radius 2 is 1.96 bits per heavy atom. The van der Waals surface area contributed by atoms with Crippen LogP contribution in [0.3, 0.4) is 0 Å². The summed E-state index contributed by atoms with van der Waals surface area (Å²) in [6.07, 6.45) is 4.59. The van der Waals surface area contributed by atoms with Gasteiger partial charge < -0.3 is 9.15 Å². The van der Waals surface area contributed by atoms with Crippen molar-refractivity contribution >= 4 is 11.6 Å². The lowest BCUT2D eigenvalue weighted by molar-refractivity contribution is -0.134. The van der Waals surface area contributed by atoms with E-state index in [4.69, 9.17) is 14.3 Å². The number of hydrogen-bond acceptors (Lipinski definition) is 5. The summed E-state index contributed by atoms with van der Waals surface area (Å²) in [5.74, 6) is 2.35. The van der Waals surface area contributed by atoms with Crippen LogP contribution in [-0.2, 0) is 4.79 Å². The summed E-state index contributed by atoms with van der Waals surface area (Å²) < 4.78 is 10.9. The number of furan rings is 1. The Balaban J connectivity index is 1.53. The fourth-order valence-corrected chi connectivity index (χ4v) is 3.88. The van der Waals surface area contributed by atoms with Gasteiger partial charge in [0.1, 0.15) is 17.6 Å². The number of rotatable bonds is 5. The SMILES string of the molecule is COc1ccc(C2=NN(C(=O)CN3CCC(C)CC3)[C@@H](c3ccco3)C2)cc1. The fourth-order valence-electron chi connectivity index (χ4n) is 3.88. The molecule has 1 atom stereocenters. The molecule has 1 aromatic carbocycles. The van der Waals surface area contributed by atoms with E-state index in [0.29, 0.717) is 13.0 Å². The molecule has 3 heterocycles. The number of carbonyl (C=O) groups is 1. The van der Waals surface area contributed by atoms with Crippen molar-refractivity contribution in [2.45, 2.75) is 32.2 Å². The number of nitrogens with zero attached hydrogens (tertiary/aromatic N) is 3. The number of hydrazone groups is 1. The molecule has 1 aromatic heterocycles. The lowest BCUT2D eigenvalue weighted by Gasteiger charge is -2.31. The second kappa shape index (κ2) is 8.19. The molecule has 2 aliphatic rings. The summed E-state index contributed by atoms with van der Waals surface area (Å²) in [6, 6.07) is 11.4. The molecule has 2 aromatic rings. The van der Waals surface area contributed by atoms with Crippen LogP contribution in [0.2, 0.25) is 0 Å². The van der Waals surface area contributed by atoms with Gasteiger partial charge in [0, 0.05) is 6.42 Å². The van der Waals surface area contributed by atoms with Crippen molar-refractivity contribution in [3.05, 3.63) is 54.0 Å². The van der Waals surface area contributed by atoms with Crippen LogP contribution in [0.1, 0.15) is 43.6 Å². The van der Waals surface area contributed by atoms with Crippen molar-refractivity contribution in [3.63, 3.8) is 0 Å². The van der Waals surface area contributed by atoms with Gasteiger partial charge in [-0.2, -0.15) is 5.10 Å². The largest absolute Gasteiger partial charge is 0.497 e. The minimum atomic E-state index is -0.191. The minimum Gasteiger partial charge on any atom is -0.497 e. The Labute approximate surface area is 165 Å². The van der Waals surface area contributed by atoms with Crippen molar-refractivity contribution in [3.8, 4) is 5.75 Å². The van der Waals surface area contributed by atoms with Crippen LogP contribution < -0.4 is 4.74 Å². The number of piperidine rings is 1. The van der Waals surface area contributed by atoms with Crippen LogP contribution in [0.15, 0.2) is 52.2 Å². The maximum absolute atomic E-state index is 13.1. The molecule has 2 aliphatic heterocycles. The topological polar surface area (TPSA) is 58.3 Å². The van der Waals surface area contributed by atoms with Crippen LogP contribution in [0.5, 0.6) is 5.75 Å². The first-order valence-electron chi connectivity index (χ1n) is 9.94. The third-order valence-electron chi connectivity index (χ3n) is 5.70. The fraction of sp³-hybridized carbons (Fsp3) is 0.455. The molecular weight excluding hydrogens is 354 g/mol. The van der Waals surface area contributed by atoms with Gasteiger partial charge in [0.25, 0.3) is 5.91 Å². The molecule has 148 valence electrons. The van der Waals surface area contributed by atoms with E-state index in [1.54, 1.807) is 18.4 Å². The minimum absolute atomic E-state index is 0.0273.